The SMILES string of the molecule is [3H][N+](C)(O)CCO. The molecule has 0 heterocycles. The largest absolute Gasteiger partial charge is 0.390 e. The zero-order chi connectivity index (χ0) is 5.91. The summed E-state index contributed by atoms with van der Waals surface area (Å²) in [6.45, 7) is -0.101. The van der Waals surface area contributed by atoms with E-state index in [9.17, 15) is 0 Å². The Morgan fingerprint density at radius 1 is 2.00 bits per heavy atom. The van der Waals surface area contributed by atoms with Gasteiger partial charge in [0.05, 0.1) is 13.7 Å². The van der Waals surface area contributed by atoms with Crippen LogP contribution in [0.15, 0.2) is 0 Å². The second-order valence-electron chi connectivity index (χ2n) is 1.10. The van der Waals surface area contributed by atoms with E-state index in [1.807, 2.05) is 0 Å². The third kappa shape index (κ3) is 3.88. The van der Waals surface area contributed by atoms with Gasteiger partial charge in [-0.15, -0.1) is 0 Å². The van der Waals surface area contributed by atoms with Gasteiger partial charge in [-0.1, -0.05) is 0 Å². The topological polar surface area (TPSA) is 44.9 Å². The molecule has 0 saturated heterocycles. The number of aliphatic hydroxyl groups excluding tert-OH is 1. The van der Waals surface area contributed by atoms with E-state index in [0.29, 0.717) is 0 Å². The summed E-state index contributed by atoms with van der Waals surface area (Å²) in [4.78, 5) is 0. The lowest BCUT2D eigenvalue weighted by Gasteiger charge is -1.97. The Hall–Kier alpha value is -0.120. The fourth-order valence-electron chi connectivity index (χ4n) is 0.145. The predicted molar refractivity (Wildman–Crippen MR) is 20.6 cm³/mol. The molecule has 0 aromatic heterocycles. The number of hydrogen-bond acceptors (Lipinski definition) is 2. The highest BCUT2D eigenvalue weighted by molar-refractivity contribution is 4.07. The number of aliphatic hydroxyl groups is 1. The first-order valence-electron chi connectivity index (χ1n) is 2.23. The summed E-state index contributed by atoms with van der Waals surface area (Å²) in [6, 6.07) is 0. The molecule has 1 atom stereocenters. The van der Waals surface area contributed by atoms with Crippen LogP contribution >= 0.6 is 0 Å². The smallest absolute Gasteiger partial charge is 0.387 e. The first-order valence-corrected chi connectivity index (χ1v) is 1.78. The molecule has 3 heteroatoms. The van der Waals surface area contributed by atoms with Gasteiger partial charge in [-0.2, -0.15) is 5.06 Å². The minimum atomic E-state index is -0.906. The average Bonchev–Trinajstić information content (AvgIpc) is 1.30. The van der Waals surface area contributed by atoms with Crippen LogP contribution in [0.25, 0.3) is 0 Å². The Kier molecular flexibility index (Phi) is 2.08. The van der Waals surface area contributed by atoms with E-state index in [0.717, 1.165) is 0 Å². The van der Waals surface area contributed by atoms with Crippen LogP contribution in [0.3, 0.4) is 0 Å². The molecule has 0 aromatic carbocycles. The maximum absolute atomic E-state index is 8.46. The van der Waals surface area contributed by atoms with Crippen molar-refractivity contribution in [3.63, 3.8) is 0 Å². The van der Waals surface area contributed by atoms with Gasteiger partial charge in [-0.05, 0) is 0 Å². The Labute approximate surface area is 38.2 Å². The monoisotopic (exact) mass is 94.1 g/mol. The molecule has 0 bridgehead atoms. The van der Waals surface area contributed by atoms with Crippen molar-refractivity contribution in [2.24, 2.45) is 0 Å². The molecule has 0 aliphatic rings. The summed E-state index contributed by atoms with van der Waals surface area (Å²) < 4.78 is 6.66. The molecular formula is C3H10NO2+. The van der Waals surface area contributed by atoms with Gasteiger partial charge in [0.25, 0.3) is 0 Å². The van der Waals surface area contributed by atoms with Crippen LogP contribution in [0, 0.1) is 0 Å². The molecule has 0 fully saturated rings. The number of hydrogen-bond donors (Lipinski definition) is 3. The van der Waals surface area contributed by atoms with E-state index in [1.165, 1.54) is 7.05 Å². The maximum atomic E-state index is 8.46. The number of nitrogens with one attached hydrogen (secondary N) is 1. The Morgan fingerprint density at radius 2 is 2.50 bits per heavy atom. The zero-order valence-corrected chi connectivity index (χ0v) is 3.76. The van der Waals surface area contributed by atoms with Crippen LogP contribution in [-0.2, 0) is 0 Å². The molecule has 0 aliphatic carbocycles. The lowest BCUT2D eigenvalue weighted by atomic mass is 10.7. The van der Waals surface area contributed by atoms with Crippen LogP contribution in [0.2, 0.25) is 1.41 Å². The van der Waals surface area contributed by atoms with Gasteiger partial charge in [0.1, 0.15) is 6.54 Å². The fourth-order valence-corrected chi connectivity index (χ4v) is 0.145. The van der Waals surface area contributed by atoms with Crippen LogP contribution < -0.4 is 5.06 Å². The second kappa shape index (κ2) is 3.08. The van der Waals surface area contributed by atoms with E-state index >= 15 is 0 Å². The van der Waals surface area contributed by atoms with Crippen molar-refractivity contribution in [3.05, 3.63) is 0 Å². The highest BCUT2D eigenvalue weighted by Gasteiger charge is 1.87. The Morgan fingerprint density at radius 3 is 2.50 bits per heavy atom. The quantitative estimate of drug-likeness (QED) is 0.343. The van der Waals surface area contributed by atoms with Crippen LogP contribution in [0.4, 0.5) is 0 Å². The van der Waals surface area contributed by atoms with Crippen molar-refractivity contribution in [2.75, 3.05) is 20.2 Å². The molecular weight excluding hydrogens is 82.0 g/mol. The Bertz CT molecular complexity index is 51.4. The normalized spacial score (nSPS) is 22.2. The van der Waals surface area contributed by atoms with E-state index < -0.39 is 5.06 Å². The molecule has 0 radical (unpaired) electrons. The highest BCUT2D eigenvalue weighted by atomic mass is 16.5. The van der Waals surface area contributed by atoms with Crippen molar-refractivity contribution in [1.29, 1.82) is 0 Å². The minimum absolute atomic E-state index is 0.0556. The standard InChI is InChI=1S/C3H9NO2/c1-4(6)2-3-5/h5-6H,2-3H2,1H3/p+1/i/hT. The molecule has 0 spiro atoms. The molecule has 3 N–H and O–H groups in total. The maximum Gasteiger partial charge on any atom is 0.387 e. The zero-order valence-electron chi connectivity index (χ0n) is 4.76. The van der Waals surface area contributed by atoms with Gasteiger partial charge in [0.2, 0.25) is 0 Å². The number of likely N-dealkylation sites (N-methyl/N-ethyl adjacent to an activating group) is 1. The van der Waals surface area contributed by atoms with Gasteiger partial charge >= 0.3 is 1.41 Å². The van der Waals surface area contributed by atoms with Crippen molar-refractivity contribution >= 4 is 0 Å². The first kappa shape index (κ1) is 4.05. The van der Waals surface area contributed by atoms with E-state index in [2.05, 4.69) is 0 Å². The van der Waals surface area contributed by atoms with Gasteiger partial charge < -0.3 is 5.11 Å². The first-order chi connectivity index (χ1) is 3.06. The van der Waals surface area contributed by atoms with Gasteiger partial charge in [0, 0.05) is 0 Å². The van der Waals surface area contributed by atoms with Crippen LogP contribution in [-0.4, -0.2) is 30.5 Å². The molecule has 0 aliphatic heterocycles. The predicted octanol–water partition coefficient (Wildman–Crippen LogP) is -2.12. The molecule has 0 aromatic rings. The summed E-state index contributed by atoms with van der Waals surface area (Å²) in [5.74, 6) is 0. The van der Waals surface area contributed by atoms with Crippen molar-refractivity contribution in [1.82, 2.24) is 0 Å². The van der Waals surface area contributed by atoms with E-state index in [-0.39, 0.29) is 13.2 Å². The third-order valence-electron chi connectivity index (χ3n) is 0.424. The lowest BCUT2D eigenvalue weighted by molar-refractivity contribution is -1.07. The summed E-state index contributed by atoms with van der Waals surface area (Å²) in [7, 11) is 1.27. The summed E-state index contributed by atoms with van der Waals surface area (Å²) >= 11 is 0. The second-order valence-corrected chi connectivity index (χ2v) is 1.10. The van der Waals surface area contributed by atoms with Gasteiger partial charge in [-0.25, -0.2) is 5.21 Å². The minimum Gasteiger partial charge on any atom is -0.390 e. The van der Waals surface area contributed by atoms with Crippen molar-refractivity contribution < 1.29 is 16.8 Å². The van der Waals surface area contributed by atoms with Gasteiger partial charge in [0.15, 0.2) is 0 Å². The molecule has 6 heavy (non-hydrogen) atoms. The number of rotatable bonds is 2. The van der Waals surface area contributed by atoms with Crippen LogP contribution in [0.1, 0.15) is 0 Å². The third-order valence-corrected chi connectivity index (χ3v) is 0.424. The van der Waals surface area contributed by atoms with Crippen molar-refractivity contribution in [3.8, 4) is 0 Å². The highest BCUT2D eigenvalue weighted by Crippen LogP contribution is 1.35. The van der Waals surface area contributed by atoms with Crippen LogP contribution in [0.5, 0.6) is 0 Å². The summed E-state index contributed by atoms with van der Waals surface area (Å²) in [5, 5.41) is 15.7. The van der Waals surface area contributed by atoms with E-state index in [4.69, 9.17) is 11.7 Å². The molecule has 3 nitrogen and oxygen atoms in total. The van der Waals surface area contributed by atoms with Gasteiger partial charge in [-0.3, -0.25) is 0 Å². The number of quaternary nitrogens is 1. The molecule has 38 valence electrons. The van der Waals surface area contributed by atoms with E-state index in [1.54, 1.807) is 0 Å². The fraction of sp³-hybridized carbons (Fsp3) is 1.00. The summed E-state index contributed by atoms with van der Waals surface area (Å²) in [6.07, 6.45) is 0. The molecule has 0 rings (SSSR count). The number of hydroxylamine groups is 2. The Balaban J connectivity index is 3.15. The molecule has 0 amide bonds. The lowest BCUT2D eigenvalue weighted by Crippen LogP contribution is -3.07. The molecule has 1 unspecified atom stereocenters. The molecule has 0 saturated carbocycles. The van der Waals surface area contributed by atoms with Crippen molar-refractivity contribution in [2.45, 2.75) is 0 Å². The average molecular weight is 94.1 g/mol. The summed E-state index contributed by atoms with van der Waals surface area (Å²) in [5.41, 5.74) is 0.